The number of aromatic carboxylic acids is 1. The third-order valence-electron chi connectivity index (χ3n) is 2.34. The third-order valence-corrected chi connectivity index (χ3v) is 4.17. The number of nitrogens with zero attached hydrogens (tertiary/aromatic N) is 1. The lowest BCUT2D eigenvalue weighted by atomic mass is 10.2. The number of rotatable bonds is 4. The third kappa shape index (κ3) is 3.96. The number of halogens is 2. The first-order valence-electron chi connectivity index (χ1n) is 5.32. The first-order valence-corrected chi connectivity index (χ1v) is 7.48. The Kier molecular flexibility index (Phi) is 4.85. The average molecular weight is 359 g/mol. The van der Waals surface area contributed by atoms with E-state index in [1.165, 1.54) is 11.8 Å². The maximum Gasteiger partial charge on any atom is 0.337 e. The Morgan fingerprint density at radius 2 is 2.16 bits per heavy atom. The molecule has 0 aliphatic heterocycles. The van der Waals surface area contributed by atoms with Crippen LogP contribution in [0.4, 0.5) is 0 Å². The van der Waals surface area contributed by atoms with Crippen LogP contribution in [0.15, 0.2) is 45.9 Å². The highest BCUT2D eigenvalue weighted by molar-refractivity contribution is 9.10. The average Bonchev–Trinajstić information content (AvgIpc) is 2.39. The van der Waals surface area contributed by atoms with E-state index >= 15 is 0 Å². The lowest BCUT2D eigenvalue weighted by molar-refractivity contribution is 0.0697. The molecule has 6 heteroatoms. The Labute approximate surface area is 128 Å². The lowest BCUT2D eigenvalue weighted by Crippen LogP contribution is -1.97. The minimum atomic E-state index is -1.02. The number of pyridine rings is 1. The standard InChI is InChI=1S/C13H9BrClNO2S/c14-8-1-2-9(16-6-8)7-19-10-3-4-12(15)11(5-10)13(17)18/h1-6H,7H2,(H,17,18). The lowest BCUT2D eigenvalue weighted by Gasteiger charge is -2.04. The monoisotopic (exact) mass is 357 g/mol. The molecule has 19 heavy (non-hydrogen) atoms. The largest absolute Gasteiger partial charge is 0.478 e. The number of hydrogen-bond acceptors (Lipinski definition) is 3. The van der Waals surface area contributed by atoms with E-state index in [1.807, 2.05) is 12.1 Å². The molecule has 0 saturated carbocycles. The number of aromatic nitrogens is 1. The number of benzene rings is 1. The highest BCUT2D eigenvalue weighted by atomic mass is 79.9. The molecular weight excluding hydrogens is 350 g/mol. The van der Waals surface area contributed by atoms with Crippen LogP contribution in [-0.2, 0) is 5.75 Å². The molecule has 0 atom stereocenters. The summed E-state index contributed by atoms with van der Waals surface area (Å²) in [7, 11) is 0. The van der Waals surface area contributed by atoms with Gasteiger partial charge in [-0.25, -0.2) is 4.79 Å². The highest BCUT2D eigenvalue weighted by Gasteiger charge is 2.09. The summed E-state index contributed by atoms with van der Waals surface area (Å²) in [6.07, 6.45) is 1.74. The van der Waals surface area contributed by atoms with Gasteiger partial charge in [0.15, 0.2) is 0 Å². The summed E-state index contributed by atoms with van der Waals surface area (Å²) in [5, 5.41) is 9.24. The Hall–Kier alpha value is -1.04. The van der Waals surface area contributed by atoms with Crippen molar-refractivity contribution in [3.8, 4) is 0 Å². The summed E-state index contributed by atoms with van der Waals surface area (Å²) in [5.74, 6) is -0.345. The van der Waals surface area contributed by atoms with Crippen molar-refractivity contribution in [3.05, 3.63) is 57.3 Å². The highest BCUT2D eigenvalue weighted by Crippen LogP contribution is 2.27. The summed E-state index contributed by atoms with van der Waals surface area (Å²) in [6.45, 7) is 0. The molecule has 0 aliphatic rings. The van der Waals surface area contributed by atoms with Gasteiger partial charge >= 0.3 is 5.97 Å². The van der Waals surface area contributed by atoms with Gasteiger partial charge in [-0.1, -0.05) is 11.6 Å². The molecule has 2 aromatic rings. The van der Waals surface area contributed by atoms with E-state index in [4.69, 9.17) is 16.7 Å². The second kappa shape index (κ2) is 6.41. The van der Waals surface area contributed by atoms with Crippen molar-refractivity contribution in [3.63, 3.8) is 0 Å². The molecule has 0 amide bonds. The van der Waals surface area contributed by atoms with E-state index in [2.05, 4.69) is 20.9 Å². The fraction of sp³-hybridized carbons (Fsp3) is 0.0769. The van der Waals surface area contributed by atoms with Crippen LogP contribution in [0, 0.1) is 0 Å². The number of carbonyl (C=O) groups is 1. The van der Waals surface area contributed by atoms with E-state index in [1.54, 1.807) is 24.4 Å². The van der Waals surface area contributed by atoms with E-state index in [-0.39, 0.29) is 10.6 Å². The molecule has 2 rings (SSSR count). The van der Waals surface area contributed by atoms with Gasteiger partial charge in [-0.05, 0) is 46.3 Å². The first kappa shape index (κ1) is 14.4. The summed E-state index contributed by atoms with van der Waals surface area (Å²) in [5.41, 5.74) is 1.05. The minimum absolute atomic E-state index is 0.121. The van der Waals surface area contributed by atoms with Crippen LogP contribution in [0.1, 0.15) is 16.1 Å². The van der Waals surface area contributed by atoms with E-state index in [0.717, 1.165) is 15.1 Å². The molecule has 1 N–H and O–H groups in total. The second-order valence-electron chi connectivity index (χ2n) is 3.70. The van der Waals surface area contributed by atoms with Gasteiger partial charge in [-0.2, -0.15) is 0 Å². The smallest absolute Gasteiger partial charge is 0.337 e. The molecule has 0 unspecified atom stereocenters. The topological polar surface area (TPSA) is 50.2 Å². The number of thioether (sulfide) groups is 1. The van der Waals surface area contributed by atoms with Crippen LogP contribution in [-0.4, -0.2) is 16.1 Å². The summed E-state index contributed by atoms with van der Waals surface area (Å²) in [6, 6.07) is 8.83. The number of hydrogen-bond donors (Lipinski definition) is 1. The first-order chi connectivity index (χ1) is 9.06. The van der Waals surface area contributed by atoms with Crippen LogP contribution < -0.4 is 0 Å². The Morgan fingerprint density at radius 3 is 2.79 bits per heavy atom. The Morgan fingerprint density at radius 1 is 1.37 bits per heavy atom. The number of carboxylic acids is 1. The maximum atomic E-state index is 11.0. The van der Waals surface area contributed by atoms with Crippen molar-refractivity contribution in [1.29, 1.82) is 0 Å². The van der Waals surface area contributed by atoms with E-state index in [0.29, 0.717) is 5.75 Å². The molecule has 1 aromatic heterocycles. The van der Waals surface area contributed by atoms with E-state index < -0.39 is 5.97 Å². The van der Waals surface area contributed by atoms with Crippen LogP contribution in [0.5, 0.6) is 0 Å². The van der Waals surface area contributed by atoms with Crippen LogP contribution in [0.2, 0.25) is 5.02 Å². The van der Waals surface area contributed by atoms with E-state index in [9.17, 15) is 4.79 Å². The van der Waals surface area contributed by atoms with Gasteiger partial charge in [-0.15, -0.1) is 11.8 Å². The van der Waals surface area contributed by atoms with Gasteiger partial charge in [0.2, 0.25) is 0 Å². The van der Waals surface area contributed by atoms with Crippen LogP contribution >= 0.6 is 39.3 Å². The van der Waals surface area contributed by atoms with Gasteiger partial charge in [-0.3, -0.25) is 4.98 Å². The predicted molar refractivity (Wildman–Crippen MR) is 79.9 cm³/mol. The van der Waals surface area contributed by atoms with Crippen molar-refractivity contribution in [2.75, 3.05) is 0 Å². The molecule has 0 saturated heterocycles. The SMILES string of the molecule is O=C(O)c1cc(SCc2ccc(Br)cn2)ccc1Cl. The molecule has 3 nitrogen and oxygen atoms in total. The number of carboxylic acid groups (broad SMARTS) is 1. The molecule has 0 bridgehead atoms. The van der Waals surface area contributed by atoms with Crippen molar-refractivity contribution >= 4 is 45.3 Å². The predicted octanol–water partition coefficient (Wildman–Crippen LogP) is 4.49. The molecule has 1 heterocycles. The van der Waals surface area contributed by atoms with Crippen molar-refractivity contribution in [2.24, 2.45) is 0 Å². The fourth-order valence-electron chi connectivity index (χ4n) is 1.41. The molecule has 0 radical (unpaired) electrons. The summed E-state index contributed by atoms with van der Waals surface area (Å²) < 4.78 is 0.931. The minimum Gasteiger partial charge on any atom is -0.478 e. The Balaban J connectivity index is 2.09. The molecule has 0 fully saturated rings. The van der Waals surface area contributed by atoms with Gasteiger partial charge in [0.05, 0.1) is 16.3 Å². The zero-order valence-electron chi connectivity index (χ0n) is 9.64. The second-order valence-corrected chi connectivity index (χ2v) is 6.07. The zero-order valence-corrected chi connectivity index (χ0v) is 12.8. The van der Waals surface area contributed by atoms with Gasteiger partial charge in [0.25, 0.3) is 0 Å². The fourth-order valence-corrected chi connectivity index (χ4v) is 2.69. The summed E-state index contributed by atoms with van der Waals surface area (Å²) >= 11 is 10.7. The van der Waals surface area contributed by atoms with Crippen LogP contribution in [0.25, 0.3) is 0 Å². The van der Waals surface area contributed by atoms with Gasteiger partial charge in [0.1, 0.15) is 0 Å². The summed E-state index contributed by atoms with van der Waals surface area (Å²) in [4.78, 5) is 16.1. The molecular formula is C13H9BrClNO2S. The molecule has 1 aromatic carbocycles. The molecule has 0 aliphatic carbocycles. The normalized spacial score (nSPS) is 10.4. The van der Waals surface area contributed by atoms with Crippen molar-refractivity contribution in [2.45, 2.75) is 10.6 Å². The van der Waals surface area contributed by atoms with Crippen molar-refractivity contribution in [1.82, 2.24) is 4.98 Å². The quantitative estimate of drug-likeness (QED) is 0.818. The van der Waals surface area contributed by atoms with Gasteiger partial charge < -0.3 is 5.11 Å². The van der Waals surface area contributed by atoms with Crippen LogP contribution in [0.3, 0.4) is 0 Å². The Bertz CT molecular complexity index is 604. The van der Waals surface area contributed by atoms with Gasteiger partial charge in [0, 0.05) is 21.3 Å². The molecule has 98 valence electrons. The van der Waals surface area contributed by atoms with Crippen molar-refractivity contribution < 1.29 is 9.90 Å². The maximum absolute atomic E-state index is 11.0. The molecule has 0 spiro atoms. The zero-order chi connectivity index (χ0) is 13.8.